The average molecular weight is 173 g/mol. The molecule has 0 aromatic rings. The third-order valence-electron chi connectivity index (χ3n) is 1.80. The van der Waals surface area contributed by atoms with Gasteiger partial charge in [-0.1, -0.05) is 0 Å². The van der Waals surface area contributed by atoms with Crippen molar-refractivity contribution in [2.75, 3.05) is 19.8 Å². The first-order valence-corrected chi connectivity index (χ1v) is 4.18. The number of carboxylic acid groups (broad SMARTS) is 1. The highest BCUT2D eigenvalue weighted by molar-refractivity contribution is 5.65. The minimum atomic E-state index is -1.18. The second-order valence-corrected chi connectivity index (χ2v) is 2.88. The molecule has 4 nitrogen and oxygen atoms in total. The molecular formula is C8H13O4-. The molecule has 0 unspecified atom stereocenters. The normalized spacial score (nSPS) is 23.8. The molecule has 0 bridgehead atoms. The highest BCUT2D eigenvalue weighted by Gasteiger charge is 2.13. The van der Waals surface area contributed by atoms with E-state index in [4.69, 9.17) is 9.47 Å². The summed E-state index contributed by atoms with van der Waals surface area (Å²) in [4.78, 5) is 9.96. The van der Waals surface area contributed by atoms with Crippen LogP contribution in [0.3, 0.4) is 0 Å². The average Bonchev–Trinajstić information content (AvgIpc) is 2.05. The topological polar surface area (TPSA) is 58.6 Å². The van der Waals surface area contributed by atoms with Gasteiger partial charge in [-0.15, -0.1) is 0 Å². The first-order valence-electron chi connectivity index (χ1n) is 4.18. The van der Waals surface area contributed by atoms with Crippen molar-refractivity contribution in [3.05, 3.63) is 0 Å². The summed E-state index contributed by atoms with van der Waals surface area (Å²) < 4.78 is 10.2. The van der Waals surface area contributed by atoms with Crippen LogP contribution in [0.25, 0.3) is 0 Å². The van der Waals surface area contributed by atoms with Gasteiger partial charge in [-0.05, 0) is 19.3 Å². The van der Waals surface area contributed by atoms with E-state index in [0.29, 0.717) is 6.61 Å². The Labute approximate surface area is 71.5 Å². The highest BCUT2D eigenvalue weighted by atomic mass is 16.5. The van der Waals surface area contributed by atoms with Gasteiger partial charge in [-0.25, -0.2) is 0 Å². The highest BCUT2D eigenvalue weighted by Crippen LogP contribution is 2.12. The van der Waals surface area contributed by atoms with Crippen LogP contribution in [0.15, 0.2) is 0 Å². The third-order valence-corrected chi connectivity index (χ3v) is 1.80. The number of carboxylic acids is 1. The van der Waals surface area contributed by atoms with Crippen molar-refractivity contribution in [1.82, 2.24) is 0 Å². The fourth-order valence-electron chi connectivity index (χ4n) is 1.21. The van der Waals surface area contributed by atoms with E-state index in [1.54, 1.807) is 0 Å². The summed E-state index contributed by atoms with van der Waals surface area (Å²) in [5.41, 5.74) is 0. The zero-order chi connectivity index (χ0) is 8.81. The second kappa shape index (κ2) is 5.11. The van der Waals surface area contributed by atoms with Gasteiger partial charge >= 0.3 is 0 Å². The van der Waals surface area contributed by atoms with E-state index in [0.717, 1.165) is 25.9 Å². The standard InChI is InChI=1S/C8H14O4/c9-8(10)6-11-5-7-3-1-2-4-12-7/h7H,1-6H2,(H,9,10)/p-1/t7-/m1/s1. The molecule has 1 saturated heterocycles. The van der Waals surface area contributed by atoms with Gasteiger partial charge in [0.2, 0.25) is 0 Å². The lowest BCUT2D eigenvalue weighted by Gasteiger charge is -2.22. The van der Waals surface area contributed by atoms with Gasteiger partial charge in [0.25, 0.3) is 0 Å². The van der Waals surface area contributed by atoms with Crippen LogP contribution < -0.4 is 5.11 Å². The zero-order valence-corrected chi connectivity index (χ0v) is 6.95. The van der Waals surface area contributed by atoms with Crippen molar-refractivity contribution in [2.24, 2.45) is 0 Å². The van der Waals surface area contributed by atoms with E-state index in [1.807, 2.05) is 0 Å². The van der Waals surface area contributed by atoms with Gasteiger partial charge in [0.1, 0.15) is 0 Å². The summed E-state index contributed by atoms with van der Waals surface area (Å²) in [7, 11) is 0. The van der Waals surface area contributed by atoms with Crippen LogP contribution in [0.2, 0.25) is 0 Å². The SMILES string of the molecule is O=C([O-])COC[C@H]1CCCCO1. The molecule has 0 aliphatic carbocycles. The van der Waals surface area contributed by atoms with Crippen LogP contribution in [0.1, 0.15) is 19.3 Å². The maximum atomic E-state index is 9.96. The molecule has 1 fully saturated rings. The Bertz CT molecular complexity index is 140. The van der Waals surface area contributed by atoms with Gasteiger partial charge in [-0.3, -0.25) is 0 Å². The number of hydrogen-bond donors (Lipinski definition) is 0. The van der Waals surface area contributed by atoms with Crippen LogP contribution in [-0.2, 0) is 14.3 Å². The van der Waals surface area contributed by atoms with Crippen molar-refractivity contribution in [3.8, 4) is 0 Å². The Morgan fingerprint density at radius 3 is 3.00 bits per heavy atom. The molecule has 1 aliphatic heterocycles. The second-order valence-electron chi connectivity index (χ2n) is 2.88. The van der Waals surface area contributed by atoms with Gasteiger partial charge in [-0.2, -0.15) is 0 Å². The molecule has 0 N–H and O–H groups in total. The van der Waals surface area contributed by atoms with E-state index < -0.39 is 5.97 Å². The van der Waals surface area contributed by atoms with E-state index in [9.17, 15) is 9.90 Å². The molecule has 0 radical (unpaired) electrons. The molecule has 4 heteroatoms. The lowest BCUT2D eigenvalue weighted by atomic mass is 10.1. The summed E-state index contributed by atoms with van der Waals surface area (Å²) in [6.45, 7) is 0.799. The van der Waals surface area contributed by atoms with Gasteiger partial charge in [0, 0.05) is 6.61 Å². The molecule has 0 spiro atoms. The summed E-state index contributed by atoms with van der Waals surface area (Å²) >= 11 is 0. The van der Waals surface area contributed by atoms with Crippen molar-refractivity contribution in [1.29, 1.82) is 0 Å². The maximum Gasteiger partial charge on any atom is 0.0862 e. The summed E-state index contributed by atoms with van der Waals surface area (Å²) in [5, 5.41) is 9.96. The quantitative estimate of drug-likeness (QED) is 0.565. The lowest BCUT2D eigenvalue weighted by molar-refractivity contribution is -0.310. The molecular weight excluding hydrogens is 160 g/mol. The van der Waals surface area contributed by atoms with Gasteiger partial charge in [0.15, 0.2) is 0 Å². The maximum absolute atomic E-state index is 9.96. The predicted octanol–water partition coefficient (Wildman–Crippen LogP) is -0.678. The van der Waals surface area contributed by atoms with Crippen molar-refractivity contribution < 1.29 is 19.4 Å². The molecule has 70 valence electrons. The number of rotatable bonds is 4. The molecule has 0 amide bonds. The van der Waals surface area contributed by atoms with E-state index >= 15 is 0 Å². The smallest absolute Gasteiger partial charge is 0.0862 e. The van der Waals surface area contributed by atoms with Crippen LogP contribution in [0.5, 0.6) is 0 Å². The Morgan fingerprint density at radius 2 is 2.42 bits per heavy atom. The molecule has 1 aliphatic rings. The number of carbonyl (C=O) groups excluding carboxylic acids is 1. The summed E-state index contributed by atoms with van der Waals surface area (Å²) in [6, 6.07) is 0. The molecule has 1 heterocycles. The van der Waals surface area contributed by atoms with Gasteiger partial charge < -0.3 is 19.4 Å². The Morgan fingerprint density at radius 1 is 1.58 bits per heavy atom. The predicted molar refractivity (Wildman–Crippen MR) is 39.4 cm³/mol. The number of aliphatic carboxylic acids is 1. The summed E-state index contributed by atoms with van der Waals surface area (Å²) in [6.07, 6.45) is 3.28. The minimum absolute atomic E-state index is 0.0816. The third kappa shape index (κ3) is 3.69. The molecule has 0 saturated carbocycles. The Hall–Kier alpha value is -0.610. The van der Waals surface area contributed by atoms with Gasteiger partial charge in [0.05, 0.1) is 25.3 Å². The fraction of sp³-hybridized carbons (Fsp3) is 0.875. The van der Waals surface area contributed by atoms with E-state index in [2.05, 4.69) is 0 Å². The first kappa shape index (κ1) is 9.48. The monoisotopic (exact) mass is 173 g/mol. The van der Waals surface area contributed by atoms with Crippen molar-refractivity contribution in [3.63, 3.8) is 0 Å². The molecule has 0 aromatic heterocycles. The van der Waals surface area contributed by atoms with Crippen LogP contribution in [0.4, 0.5) is 0 Å². The number of hydrogen-bond acceptors (Lipinski definition) is 4. The summed E-state index contributed by atoms with van der Waals surface area (Å²) in [5.74, 6) is -1.18. The van der Waals surface area contributed by atoms with Crippen LogP contribution in [-0.4, -0.2) is 31.9 Å². The molecule has 12 heavy (non-hydrogen) atoms. The molecule has 1 atom stereocenters. The molecule has 1 rings (SSSR count). The Balaban J connectivity index is 2.01. The minimum Gasteiger partial charge on any atom is -0.548 e. The van der Waals surface area contributed by atoms with Crippen LogP contribution >= 0.6 is 0 Å². The zero-order valence-electron chi connectivity index (χ0n) is 6.95. The van der Waals surface area contributed by atoms with Crippen LogP contribution in [0, 0.1) is 0 Å². The lowest BCUT2D eigenvalue weighted by Crippen LogP contribution is -2.31. The largest absolute Gasteiger partial charge is 0.548 e. The van der Waals surface area contributed by atoms with Crippen molar-refractivity contribution in [2.45, 2.75) is 25.4 Å². The van der Waals surface area contributed by atoms with E-state index in [1.165, 1.54) is 0 Å². The Kier molecular flexibility index (Phi) is 4.04. The first-order chi connectivity index (χ1) is 5.79. The number of carbonyl (C=O) groups is 1. The molecule has 0 aromatic carbocycles. The number of ether oxygens (including phenoxy) is 2. The van der Waals surface area contributed by atoms with Crippen molar-refractivity contribution >= 4 is 5.97 Å². The fourth-order valence-corrected chi connectivity index (χ4v) is 1.21. The van der Waals surface area contributed by atoms with E-state index in [-0.39, 0.29) is 12.7 Å².